The number of nitrogens with zero attached hydrogens (tertiary/aromatic N) is 3. The van der Waals surface area contributed by atoms with Gasteiger partial charge < -0.3 is 0 Å². The van der Waals surface area contributed by atoms with Crippen LogP contribution in [0, 0.1) is 0 Å². The summed E-state index contributed by atoms with van der Waals surface area (Å²) in [5.41, 5.74) is 0. The topological polar surface area (TPSA) is 35.9 Å². The fraction of sp³-hybridized carbons (Fsp3) is 0.714. The molecule has 0 atom stereocenters. The van der Waals surface area contributed by atoms with Crippen molar-refractivity contribution in [3.63, 3.8) is 0 Å². The summed E-state index contributed by atoms with van der Waals surface area (Å²) >= 11 is 0. The third-order valence-corrected chi connectivity index (χ3v) is 2.00. The summed E-state index contributed by atoms with van der Waals surface area (Å²) in [4.78, 5) is 11.2. The zero-order valence-electron chi connectivity index (χ0n) is 6.36. The first-order valence-electron chi connectivity index (χ1n) is 3.98. The van der Waals surface area contributed by atoms with Gasteiger partial charge in [0.05, 0.1) is 6.54 Å². The molecule has 2 aliphatic heterocycles. The Morgan fingerprint density at radius 2 is 2.36 bits per heavy atom. The van der Waals surface area contributed by atoms with E-state index in [0.29, 0.717) is 6.42 Å². The zero-order valence-corrected chi connectivity index (χ0v) is 6.36. The number of rotatable bonds is 1. The monoisotopic (exact) mass is 153 g/mol. The highest BCUT2D eigenvalue weighted by molar-refractivity contribution is 5.77. The minimum absolute atomic E-state index is 0.212. The number of carbonyl (C=O) groups is 1. The van der Waals surface area contributed by atoms with Crippen molar-refractivity contribution in [2.75, 3.05) is 13.1 Å². The number of amides is 1. The highest BCUT2D eigenvalue weighted by Crippen LogP contribution is 2.15. The van der Waals surface area contributed by atoms with Crippen molar-refractivity contribution in [1.29, 1.82) is 0 Å². The molecule has 1 saturated heterocycles. The average Bonchev–Trinajstić information content (AvgIpc) is 2.55. The van der Waals surface area contributed by atoms with Crippen LogP contribution in [-0.4, -0.2) is 35.3 Å². The number of carbonyl (C=O) groups excluding carboxylic acids is 1. The molecule has 11 heavy (non-hydrogen) atoms. The quantitative estimate of drug-likeness (QED) is 0.540. The Bertz CT molecular complexity index is 202. The predicted molar refractivity (Wildman–Crippen MR) is 40.8 cm³/mol. The minimum atomic E-state index is 0.212. The van der Waals surface area contributed by atoms with Gasteiger partial charge in [-0.2, -0.15) is 5.10 Å². The lowest BCUT2D eigenvalue weighted by Crippen LogP contribution is -2.38. The van der Waals surface area contributed by atoms with Crippen LogP contribution in [0.25, 0.3) is 0 Å². The second kappa shape index (κ2) is 2.53. The van der Waals surface area contributed by atoms with Crippen LogP contribution in [0.4, 0.5) is 0 Å². The van der Waals surface area contributed by atoms with Crippen LogP contribution < -0.4 is 0 Å². The van der Waals surface area contributed by atoms with E-state index in [2.05, 4.69) is 5.10 Å². The van der Waals surface area contributed by atoms with Gasteiger partial charge in [-0.25, -0.2) is 10.1 Å². The molecule has 60 valence electrons. The fourth-order valence-corrected chi connectivity index (χ4v) is 1.44. The summed E-state index contributed by atoms with van der Waals surface area (Å²) < 4.78 is 0. The molecule has 1 fully saturated rings. The molecule has 0 aromatic heterocycles. The third kappa shape index (κ3) is 1.08. The third-order valence-electron chi connectivity index (χ3n) is 2.00. The maximum atomic E-state index is 11.2. The maximum absolute atomic E-state index is 11.2. The first-order valence-corrected chi connectivity index (χ1v) is 3.98. The lowest BCUT2D eigenvalue weighted by atomic mass is 10.4. The molecule has 2 aliphatic rings. The van der Waals surface area contributed by atoms with E-state index in [4.69, 9.17) is 0 Å². The first-order chi connectivity index (χ1) is 5.38. The molecule has 0 spiro atoms. The highest BCUT2D eigenvalue weighted by atomic mass is 16.2. The van der Waals surface area contributed by atoms with Crippen LogP contribution in [0.5, 0.6) is 0 Å². The van der Waals surface area contributed by atoms with E-state index in [1.807, 2.05) is 6.21 Å². The Morgan fingerprint density at radius 3 is 2.91 bits per heavy atom. The molecule has 4 heteroatoms. The van der Waals surface area contributed by atoms with E-state index in [-0.39, 0.29) is 5.91 Å². The molecule has 2 rings (SSSR count). The Balaban J connectivity index is 2.03. The minimum Gasteiger partial charge on any atom is -0.273 e. The van der Waals surface area contributed by atoms with Crippen molar-refractivity contribution < 1.29 is 4.79 Å². The Hall–Kier alpha value is -1.06. The number of hydrazone groups is 1. The zero-order chi connectivity index (χ0) is 7.68. The summed E-state index contributed by atoms with van der Waals surface area (Å²) in [6, 6.07) is 0. The summed E-state index contributed by atoms with van der Waals surface area (Å²) in [6.07, 6.45) is 4.48. The van der Waals surface area contributed by atoms with Gasteiger partial charge in [-0.15, -0.1) is 0 Å². The van der Waals surface area contributed by atoms with Crippen molar-refractivity contribution in [3.8, 4) is 0 Å². The van der Waals surface area contributed by atoms with Crippen molar-refractivity contribution in [3.05, 3.63) is 0 Å². The van der Waals surface area contributed by atoms with E-state index in [1.54, 1.807) is 10.1 Å². The Kier molecular flexibility index (Phi) is 1.52. The highest BCUT2D eigenvalue weighted by Gasteiger charge is 2.26. The van der Waals surface area contributed by atoms with Gasteiger partial charge in [-0.1, -0.05) is 0 Å². The van der Waals surface area contributed by atoms with Gasteiger partial charge in [0.25, 0.3) is 0 Å². The SMILES string of the molecule is O=C1CCCN1N1CCC=N1. The Morgan fingerprint density at radius 1 is 1.45 bits per heavy atom. The molecular weight excluding hydrogens is 142 g/mol. The summed E-state index contributed by atoms with van der Waals surface area (Å²) in [5, 5.41) is 7.59. The number of hydrogen-bond donors (Lipinski definition) is 0. The smallest absolute Gasteiger partial charge is 0.242 e. The van der Waals surface area contributed by atoms with E-state index in [0.717, 1.165) is 25.9 Å². The predicted octanol–water partition coefficient (Wildman–Crippen LogP) is 0.215. The van der Waals surface area contributed by atoms with E-state index >= 15 is 0 Å². The second-order valence-electron chi connectivity index (χ2n) is 2.80. The molecule has 0 aromatic carbocycles. The van der Waals surface area contributed by atoms with Gasteiger partial charge >= 0.3 is 0 Å². The van der Waals surface area contributed by atoms with Crippen LogP contribution in [0.3, 0.4) is 0 Å². The molecule has 0 radical (unpaired) electrons. The van der Waals surface area contributed by atoms with Crippen molar-refractivity contribution in [2.45, 2.75) is 19.3 Å². The van der Waals surface area contributed by atoms with Crippen LogP contribution in [0.15, 0.2) is 5.10 Å². The molecule has 0 aliphatic carbocycles. The maximum Gasteiger partial charge on any atom is 0.242 e. The van der Waals surface area contributed by atoms with Crippen molar-refractivity contribution >= 4 is 12.1 Å². The van der Waals surface area contributed by atoms with E-state index in [9.17, 15) is 4.79 Å². The molecule has 0 saturated carbocycles. The van der Waals surface area contributed by atoms with Gasteiger partial charge in [0.15, 0.2) is 0 Å². The standard InChI is InChI=1S/C7H11N3O/c11-7-3-1-5-9(7)10-6-2-4-8-10/h4H,1-3,5-6H2. The summed E-state index contributed by atoms with van der Waals surface area (Å²) in [5.74, 6) is 0.212. The molecule has 1 amide bonds. The van der Waals surface area contributed by atoms with Gasteiger partial charge in [-0.3, -0.25) is 4.79 Å². The fourth-order valence-electron chi connectivity index (χ4n) is 1.44. The lowest BCUT2D eigenvalue weighted by Gasteiger charge is -2.24. The molecule has 0 N–H and O–H groups in total. The number of hydrazine groups is 1. The lowest BCUT2D eigenvalue weighted by molar-refractivity contribution is -0.142. The van der Waals surface area contributed by atoms with E-state index in [1.165, 1.54) is 0 Å². The Labute approximate surface area is 65.4 Å². The van der Waals surface area contributed by atoms with E-state index < -0.39 is 0 Å². The summed E-state index contributed by atoms with van der Waals surface area (Å²) in [7, 11) is 0. The van der Waals surface area contributed by atoms with Gasteiger partial charge in [-0.05, 0) is 6.42 Å². The van der Waals surface area contributed by atoms with Crippen LogP contribution in [-0.2, 0) is 4.79 Å². The molecule has 2 heterocycles. The molecule has 0 unspecified atom stereocenters. The van der Waals surface area contributed by atoms with Crippen molar-refractivity contribution in [2.24, 2.45) is 5.10 Å². The molecule has 0 aromatic rings. The summed E-state index contributed by atoms with van der Waals surface area (Å²) in [6.45, 7) is 1.71. The molecule has 0 bridgehead atoms. The van der Waals surface area contributed by atoms with Gasteiger partial charge in [0.2, 0.25) is 5.91 Å². The molecular formula is C7H11N3O. The average molecular weight is 153 g/mol. The van der Waals surface area contributed by atoms with Crippen LogP contribution >= 0.6 is 0 Å². The molecule has 4 nitrogen and oxygen atoms in total. The van der Waals surface area contributed by atoms with Gasteiger partial charge in [0.1, 0.15) is 0 Å². The van der Waals surface area contributed by atoms with Crippen molar-refractivity contribution in [1.82, 2.24) is 10.1 Å². The largest absolute Gasteiger partial charge is 0.273 e. The second-order valence-corrected chi connectivity index (χ2v) is 2.80. The van der Waals surface area contributed by atoms with Gasteiger partial charge in [0, 0.05) is 25.6 Å². The normalized spacial score (nSPS) is 23.8. The number of hydrogen-bond acceptors (Lipinski definition) is 3. The van der Waals surface area contributed by atoms with Crippen LogP contribution in [0.1, 0.15) is 19.3 Å². The first kappa shape index (κ1) is 6.64. The van der Waals surface area contributed by atoms with Crippen LogP contribution in [0.2, 0.25) is 0 Å².